The maximum Gasteiger partial charge on any atom is 0.310 e. The van der Waals surface area contributed by atoms with Gasteiger partial charge in [0.15, 0.2) is 0 Å². The molecule has 1 unspecified atom stereocenters. The van der Waals surface area contributed by atoms with E-state index in [4.69, 9.17) is 16.7 Å². The molecule has 1 rings (SSSR count). The van der Waals surface area contributed by atoms with Crippen LogP contribution in [-0.2, 0) is 19.7 Å². The lowest BCUT2D eigenvalue weighted by molar-refractivity contribution is -0.127. The Kier molecular flexibility index (Phi) is 2.42. The summed E-state index contributed by atoms with van der Waals surface area (Å²) >= 11 is 3.54. The molecule has 0 amide bonds. The Bertz CT molecular complexity index is 121. The number of aliphatic hydroxyl groups excluding tert-OH is 1. The van der Waals surface area contributed by atoms with Crippen LogP contribution in [0.25, 0.3) is 0 Å². The maximum atomic E-state index is 10.0. The number of halogens is 1. The predicted octanol–water partition coefficient (Wildman–Crippen LogP) is -0.462. The Balaban J connectivity index is 2.23. The molecule has 0 aromatic heterocycles. The van der Waals surface area contributed by atoms with E-state index in [1.54, 1.807) is 0 Å². The summed E-state index contributed by atoms with van der Waals surface area (Å²) in [6.07, 6.45) is -1.69. The Morgan fingerprint density at radius 1 is 1.78 bits per heavy atom. The van der Waals surface area contributed by atoms with Gasteiger partial charge in [0.2, 0.25) is 6.29 Å². The van der Waals surface area contributed by atoms with Crippen LogP contribution in [0.5, 0.6) is 0 Å². The zero-order chi connectivity index (χ0) is 6.85. The van der Waals surface area contributed by atoms with Gasteiger partial charge < -0.3 is 5.11 Å². The van der Waals surface area contributed by atoms with Gasteiger partial charge >= 0.3 is 11.4 Å². The van der Waals surface area contributed by atoms with Crippen molar-refractivity contribution in [1.29, 1.82) is 0 Å². The number of hydrogen-bond acceptors (Lipinski definition) is 4. The molecule has 0 aromatic carbocycles. The highest BCUT2D eigenvalue weighted by Crippen LogP contribution is 2.17. The second-order valence-corrected chi connectivity index (χ2v) is 2.59. The predicted molar refractivity (Wildman–Crippen MR) is 30.8 cm³/mol. The highest BCUT2D eigenvalue weighted by molar-refractivity contribution is 7.76. The minimum Gasteiger partial charge on any atom is -0.386 e. The third-order valence-electron chi connectivity index (χ3n) is 0.819. The van der Waals surface area contributed by atoms with Crippen LogP contribution in [-0.4, -0.2) is 27.6 Å². The van der Waals surface area contributed by atoms with Crippen LogP contribution in [0.3, 0.4) is 0 Å². The van der Waals surface area contributed by atoms with E-state index in [2.05, 4.69) is 8.37 Å². The molecule has 6 heteroatoms. The lowest BCUT2D eigenvalue weighted by atomic mass is 10.4. The molecule has 1 aliphatic heterocycles. The summed E-state index contributed by atoms with van der Waals surface area (Å²) in [6, 6.07) is 0. The Morgan fingerprint density at radius 3 is 2.67 bits per heavy atom. The Morgan fingerprint density at radius 2 is 2.33 bits per heavy atom. The van der Waals surface area contributed by atoms with Gasteiger partial charge in [0, 0.05) is 0 Å². The topological polar surface area (TPSA) is 55.8 Å². The van der Waals surface area contributed by atoms with E-state index in [1.165, 1.54) is 0 Å². The van der Waals surface area contributed by atoms with Crippen molar-refractivity contribution < 1.29 is 17.7 Å². The summed E-state index contributed by atoms with van der Waals surface area (Å²) in [5, 5.41) is 8.78. The first kappa shape index (κ1) is 7.43. The molecule has 1 aliphatic rings. The lowest BCUT2D eigenvalue weighted by Crippen LogP contribution is -2.42. The normalized spacial score (nSPS) is 37.6. The fraction of sp³-hybridized carbons (Fsp3) is 1.00. The van der Waals surface area contributed by atoms with E-state index in [-0.39, 0.29) is 5.88 Å². The molecule has 0 radical (unpaired) electrons. The standard InChI is InChI=1S/C3H5ClO4S/c4-1-2(5)3-7-9(6)8-3/h2-3,5H,1H2. The van der Waals surface area contributed by atoms with Crippen molar-refractivity contribution in [2.45, 2.75) is 12.4 Å². The van der Waals surface area contributed by atoms with Crippen LogP contribution in [0, 0.1) is 0 Å². The van der Waals surface area contributed by atoms with E-state index in [9.17, 15) is 4.21 Å². The van der Waals surface area contributed by atoms with Crippen molar-refractivity contribution in [3.63, 3.8) is 0 Å². The van der Waals surface area contributed by atoms with Crippen LogP contribution >= 0.6 is 11.6 Å². The quantitative estimate of drug-likeness (QED) is 0.573. The minimum atomic E-state index is -1.66. The number of hydrogen-bond donors (Lipinski definition) is 1. The van der Waals surface area contributed by atoms with Gasteiger partial charge in [-0.1, -0.05) is 0 Å². The second kappa shape index (κ2) is 2.94. The molecular formula is C3H5ClO4S. The Hall–Kier alpha value is 0.320. The van der Waals surface area contributed by atoms with Crippen molar-refractivity contribution in [2.24, 2.45) is 0 Å². The van der Waals surface area contributed by atoms with Crippen molar-refractivity contribution in [3.8, 4) is 0 Å². The molecule has 1 atom stereocenters. The van der Waals surface area contributed by atoms with E-state index in [1.807, 2.05) is 0 Å². The van der Waals surface area contributed by atoms with Gasteiger partial charge in [-0.05, 0) is 0 Å². The molecule has 9 heavy (non-hydrogen) atoms. The van der Waals surface area contributed by atoms with Gasteiger partial charge in [-0.15, -0.1) is 11.6 Å². The fourth-order valence-electron chi connectivity index (χ4n) is 0.363. The van der Waals surface area contributed by atoms with Crippen molar-refractivity contribution in [1.82, 2.24) is 0 Å². The number of alkyl halides is 1. The molecule has 0 aliphatic carbocycles. The second-order valence-electron chi connectivity index (χ2n) is 1.49. The van der Waals surface area contributed by atoms with E-state index < -0.39 is 23.8 Å². The largest absolute Gasteiger partial charge is 0.386 e. The summed E-state index contributed by atoms with van der Waals surface area (Å²) in [6.45, 7) is 0. The molecule has 0 saturated carbocycles. The number of rotatable bonds is 2. The molecular weight excluding hydrogens is 168 g/mol. The van der Waals surface area contributed by atoms with Gasteiger partial charge in [0.25, 0.3) is 0 Å². The van der Waals surface area contributed by atoms with Crippen molar-refractivity contribution >= 4 is 23.0 Å². The van der Waals surface area contributed by atoms with Crippen LogP contribution in [0.15, 0.2) is 0 Å². The summed E-state index contributed by atoms with van der Waals surface area (Å²) in [5.74, 6) is 0.0157. The SMILES string of the molecule is O=S1OC(C(O)CCl)O1. The van der Waals surface area contributed by atoms with Gasteiger partial charge in [0.05, 0.1) is 5.88 Å². The van der Waals surface area contributed by atoms with Crippen LogP contribution in [0.4, 0.5) is 0 Å². The molecule has 1 fully saturated rings. The first-order chi connectivity index (χ1) is 4.24. The van der Waals surface area contributed by atoms with Crippen molar-refractivity contribution in [2.75, 3.05) is 5.88 Å². The molecule has 1 saturated heterocycles. The molecule has 54 valence electrons. The van der Waals surface area contributed by atoms with E-state index in [0.717, 1.165) is 0 Å². The Labute approximate surface area is 59.6 Å². The third-order valence-corrected chi connectivity index (χ3v) is 1.83. The van der Waals surface area contributed by atoms with Gasteiger partial charge in [0.1, 0.15) is 6.10 Å². The van der Waals surface area contributed by atoms with Crippen LogP contribution < -0.4 is 0 Å². The molecule has 0 bridgehead atoms. The average molecular weight is 173 g/mol. The maximum absolute atomic E-state index is 10.0. The first-order valence-electron chi connectivity index (χ1n) is 2.24. The average Bonchev–Trinajstić information content (AvgIpc) is 1.79. The highest BCUT2D eigenvalue weighted by atomic mass is 35.5. The monoisotopic (exact) mass is 172 g/mol. The van der Waals surface area contributed by atoms with Crippen LogP contribution in [0.1, 0.15) is 0 Å². The molecule has 1 heterocycles. The minimum absolute atomic E-state index is 0.0157. The molecule has 1 N–H and O–H groups in total. The first-order valence-corrected chi connectivity index (χ1v) is 3.77. The summed E-state index contributed by atoms with van der Waals surface area (Å²) < 4.78 is 18.9. The van der Waals surface area contributed by atoms with E-state index >= 15 is 0 Å². The van der Waals surface area contributed by atoms with Gasteiger partial charge in [-0.3, -0.25) is 0 Å². The van der Waals surface area contributed by atoms with E-state index in [0.29, 0.717) is 0 Å². The summed E-state index contributed by atoms with van der Waals surface area (Å²) in [5.41, 5.74) is 0. The van der Waals surface area contributed by atoms with Crippen LogP contribution in [0.2, 0.25) is 0 Å². The van der Waals surface area contributed by atoms with Gasteiger partial charge in [-0.25, -0.2) is 8.37 Å². The zero-order valence-corrected chi connectivity index (χ0v) is 5.89. The molecule has 0 aromatic rings. The highest BCUT2D eigenvalue weighted by Gasteiger charge is 2.34. The summed E-state index contributed by atoms with van der Waals surface area (Å²) in [4.78, 5) is 0. The zero-order valence-electron chi connectivity index (χ0n) is 4.32. The van der Waals surface area contributed by atoms with Crippen molar-refractivity contribution in [3.05, 3.63) is 0 Å². The lowest BCUT2D eigenvalue weighted by Gasteiger charge is -2.26. The third kappa shape index (κ3) is 1.62. The molecule has 0 spiro atoms. The fourth-order valence-corrected chi connectivity index (χ4v) is 1.09. The summed E-state index contributed by atoms with van der Waals surface area (Å²) in [7, 11) is 0. The molecule has 4 nitrogen and oxygen atoms in total. The van der Waals surface area contributed by atoms with Gasteiger partial charge in [-0.2, -0.15) is 4.21 Å². The number of aliphatic hydroxyl groups is 1. The smallest absolute Gasteiger partial charge is 0.310 e.